The lowest BCUT2D eigenvalue weighted by molar-refractivity contribution is -0.0233. The van der Waals surface area contributed by atoms with Crippen LogP contribution in [0.3, 0.4) is 0 Å². The second-order valence-corrected chi connectivity index (χ2v) is 6.79. The SMILES string of the molecule is C=C(C)C1CC(COS(C)(=O)=O)C1(C)C. The van der Waals surface area contributed by atoms with Crippen LogP contribution in [0.5, 0.6) is 0 Å². The Morgan fingerprint density at radius 3 is 2.40 bits per heavy atom. The molecule has 2 atom stereocenters. The molecule has 0 aromatic rings. The Kier molecular flexibility index (Phi) is 3.31. The van der Waals surface area contributed by atoms with Crippen LogP contribution >= 0.6 is 0 Å². The third-order valence-corrected chi connectivity index (χ3v) is 4.11. The summed E-state index contributed by atoms with van der Waals surface area (Å²) in [6.45, 7) is 10.6. The van der Waals surface area contributed by atoms with E-state index in [1.54, 1.807) is 0 Å². The Morgan fingerprint density at radius 1 is 1.53 bits per heavy atom. The van der Waals surface area contributed by atoms with E-state index in [9.17, 15) is 8.42 Å². The van der Waals surface area contributed by atoms with E-state index >= 15 is 0 Å². The summed E-state index contributed by atoms with van der Waals surface area (Å²) in [7, 11) is -3.31. The van der Waals surface area contributed by atoms with E-state index in [1.165, 1.54) is 5.57 Å². The number of allylic oxidation sites excluding steroid dienone is 1. The average molecular weight is 232 g/mol. The molecule has 0 saturated heterocycles. The molecule has 0 radical (unpaired) electrons. The molecule has 1 aliphatic rings. The van der Waals surface area contributed by atoms with Crippen LogP contribution in [0.1, 0.15) is 27.2 Å². The minimum Gasteiger partial charge on any atom is -0.270 e. The standard InChI is InChI=1S/C11H20O3S/c1-8(2)10-6-9(11(10,3)4)7-14-15(5,12)13/h9-10H,1,6-7H2,2-5H3. The zero-order valence-corrected chi connectivity index (χ0v) is 10.7. The molecule has 1 rings (SSSR count). The molecule has 88 valence electrons. The van der Waals surface area contributed by atoms with Gasteiger partial charge in [0.2, 0.25) is 0 Å². The summed E-state index contributed by atoms with van der Waals surface area (Å²) in [4.78, 5) is 0. The van der Waals surface area contributed by atoms with Gasteiger partial charge in [-0.1, -0.05) is 26.0 Å². The van der Waals surface area contributed by atoms with Gasteiger partial charge in [-0.3, -0.25) is 4.18 Å². The molecule has 0 aliphatic heterocycles. The highest BCUT2D eigenvalue weighted by Gasteiger charge is 2.48. The maximum absolute atomic E-state index is 10.9. The summed E-state index contributed by atoms with van der Waals surface area (Å²) in [5.41, 5.74) is 1.28. The van der Waals surface area contributed by atoms with E-state index in [1.807, 2.05) is 6.92 Å². The second kappa shape index (κ2) is 3.91. The Morgan fingerprint density at radius 2 is 2.07 bits per heavy atom. The van der Waals surface area contributed by atoms with Crippen molar-refractivity contribution in [2.24, 2.45) is 17.3 Å². The van der Waals surface area contributed by atoms with Gasteiger partial charge in [-0.05, 0) is 30.6 Å². The lowest BCUT2D eigenvalue weighted by Crippen LogP contribution is -2.47. The van der Waals surface area contributed by atoms with Crippen molar-refractivity contribution in [2.45, 2.75) is 27.2 Å². The highest BCUT2D eigenvalue weighted by molar-refractivity contribution is 7.85. The monoisotopic (exact) mass is 232 g/mol. The molecule has 0 spiro atoms. The smallest absolute Gasteiger partial charge is 0.264 e. The normalized spacial score (nSPS) is 29.6. The number of rotatable bonds is 4. The van der Waals surface area contributed by atoms with Gasteiger partial charge >= 0.3 is 0 Å². The van der Waals surface area contributed by atoms with Gasteiger partial charge in [0.05, 0.1) is 12.9 Å². The van der Waals surface area contributed by atoms with Crippen molar-refractivity contribution in [1.82, 2.24) is 0 Å². The van der Waals surface area contributed by atoms with E-state index in [0.29, 0.717) is 18.4 Å². The molecule has 0 amide bonds. The highest BCUT2D eigenvalue weighted by Crippen LogP contribution is 2.54. The molecule has 0 N–H and O–H groups in total. The van der Waals surface area contributed by atoms with E-state index in [4.69, 9.17) is 4.18 Å². The number of hydrogen-bond acceptors (Lipinski definition) is 3. The lowest BCUT2D eigenvalue weighted by atomic mass is 9.53. The summed E-state index contributed by atoms with van der Waals surface area (Å²) in [6, 6.07) is 0. The maximum atomic E-state index is 10.9. The molecular weight excluding hydrogens is 212 g/mol. The van der Waals surface area contributed by atoms with Gasteiger partial charge in [-0.25, -0.2) is 0 Å². The minimum absolute atomic E-state index is 0.108. The Hall–Kier alpha value is -0.350. The molecule has 4 heteroatoms. The molecule has 1 aliphatic carbocycles. The van der Waals surface area contributed by atoms with Crippen molar-refractivity contribution in [3.63, 3.8) is 0 Å². The van der Waals surface area contributed by atoms with E-state index in [2.05, 4.69) is 20.4 Å². The van der Waals surface area contributed by atoms with E-state index < -0.39 is 10.1 Å². The van der Waals surface area contributed by atoms with Gasteiger partial charge in [-0.15, -0.1) is 0 Å². The predicted octanol–water partition coefficient (Wildman–Crippen LogP) is 2.20. The van der Waals surface area contributed by atoms with Gasteiger partial charge in [-0.2, -0.15) is 8.42 Å². The maximum Gasteiger partial charge on any atom is 0.264 e. The van der Waals surface area contributed by atoms with Crippen molar-refractivity contribution in [2.75, 3.05) is 12.9 Å². The summed E-state index contributed by atoms with van der Waals surface area (Å²) in [5.74, 6) is 0.805. The predicted molar refractivity (Wildman–Crippen MR) is 61.0 cm³/mol. The highest BCUT2D eigenvalue weighted by atomic mass is 32.2. The van der Waals surface area contributed by atoms with Crippen molar-refractivity contribution >= 4 is 10.1 Å². The first kappa shape index (κ1) is 12.7. The second-order valence-electron chi connectivity index (χ2n) is 5.14. The summed E-state index contributed by atoms with van der Waals surface area (Å²) >= 11 is 0. The van der Waals surface area contributed by atoms with E-state index in [0.717, 1.165) is 12.7 Å². The quantitative estimate of drug-likeness (QED) is 0.551. The van der Waals surface area contributed by atoms with Crippen molar-refractivity contribution in [3.8, 4) is 0 Å². The summed E-state index contributed by atoms with van der Waals surface area (Å²) < 4.78 is 26.6. The number of hydrogen-bond donors (Lipinski definition) is 0. The third kappa shape index (κ3) is 2.82. The molecule has 0 aromatic heterocycles. The largest absolute Gasteiger partial charge is 0.270 e. The molecule has 1 saturated carbocycles. The van der Waals surface area contributed by atoms with Gasteiger partial charge in [0.25, 0.3) is 10.1 Å². The Balaban J connectivity index is 2.53. The van der Waals surface area contributed by atoms with Crippen molar-refractivity contribution in [1.29, 1.82) is 0 Å². The van der Waals surface area contributed by atoms with Gasteiger partial charge in [0.15, 0.2) is 0 Å². The molecular formula is C11H20O3S. The van der Waals surface area contributed by atoms with Crippen LogP contribution in [-0.4, -0.2) is 21.3 Å². The summed E-state index contributed by atoms with van der Waals surface area (Å²) in [6.07, 6.45) is 2.08. The first-order valence-electron chi connectivity index (χ1n) is 5.14. The van der Waals surface area contributed by atoms with Gasteiger partial charge in [0, 0.05) is 0 Å². The van der Waals surface area contributed by atoms with Crippen molar-refractivity contribution < 1.29 is 12.6 Å². The minimum atomic E-state index is -3.31. The molecule has 3 nitrogen and oxygen atoms in total. The fourth-order valence-electron chi connectivity index (χ4n) is 2.34. The lowest BCUT2D eigenvalue weighted by Gasteiger charge is -2.52. The third-order valence-electron chi connectivity index (χ3n) is 3.55. The molecule has 0 bridgehead atoms. The molecule has 0 aromatic carbocycles. The van der Waals surface area contributed by atoms with Crippen LogP contribution in [0.25, 0.3) is 0 Å². The zero-order chi connectivity index (χ0) is 11.9. The average Bonchev–Trinajstić information content (AvgIpc) is 1.99. The van der Waals surface area contributed by atoms with Crippen LogP contribution < -0.4 is 0 Å². The van der Waals surface area contributed by atoms with Gasteiger partial charge in [0.1, 0.15) is 0 Å². The first-order valence-corrected chi connectivity index (χ1v) is 6.96. The Labute approximate surface area is 92.6 Å². The van der Waals surface area contributed by atoms with Crippen LogP contribution in [0.4, 0.5) is 0 Å². The van der Waals surface area contributed by atoms with Crippen LogP contribution in [0.2, 0.25) is 0 Å². The van der Waals surface area contributed by atoms with Gasteiger partial charge < -0.3 is 0 Å². The fourth-order valence-corrected chi connectivity index (χ4v) is 2.75. The Bertz CT molecular complexity index is 354. The topological polar surface area (TPSA) is 43.4 Å². The molecule has 1 fully saturated rings. The molecule has 0 heterocycles. The fraction of sp³-hybridized carbons (Fsp3) is 0.818. The molecule has 2 unspecified atom stereocenters. The van der Waals surface area contributed by atoms with Crippen LogP contribution in [0.15, 0.2) is 12.2 Å². The van der Waals surface area contributed by atoms with Crippen LogP contribution in [0, 0.1) is 17.3 Å². The van der Waals surface area contributed by atoms with Crippen LogP contribution in [-0.2, 0) is 14.3 Å². The van der Waals surface area contributed by atoms with E-state index in [-0.39, 0.29) is 5.41 Å². The summed E-state index contributed by atoms with van der Waals surface area (Å²) in [5, 5.41) is 0. The first-order chi connectivity index (χ1) is 6.64. The van der Waals surface area contributed by atoms with Crippen molar-refractivity contribution in [3.05, 3.63) is 12.2 Å². The molecule has 15 heavy (non-hydrogen) atoms. The zero-order valence-electron chi connectivity index (χ0n) is 9.91.